The molecule has 3 unspecified atom stereocenters. The Morgan fingerprint density at radius 1 is 0.871 bits per heavy atom. The molecule has 17 heteroatoms. The van der Waals surface area contributed by atoms with E-state index in [-0.39, 0.29) is 42.0 Å². The van der Waals surface area contributed by atoms with Crippen LogP contribution in [0, 0.1) is 46.7 Å². The number of piperidine rings is 1. The molecule has 6 atom stereocenters. The van der Waals surface area contributed by atoms with Gasteiger partial charge < -0.3 is 24.8 Å². The van der Waals surface area contributed by atoms with Gasteiger partial charge in [-0.05, 0) is 98.8 Å². The number of nitrogens with zero attached hydrogens (tertiary/aromatic N) is 7. The number of imide groups is 2. The fourth-order valence-corrected chi connectivity index (χ4v) is 11.5. The summed E-state index contributed by atoms with van der Waals surface area (Å²) in [6.45, 7) is 6.10. The number of nitriles is 1. The van der Waals surface area contributed by atoms with Gasteiger partial charge in [-0.3, -0.25) is 34.2 Å². The third-order valence-corrected chi connectivity index (χ3v) is 14.7. The summed E-state index contributed by atoms with van der Waals surface area (Å²) < 4.78 is 21.7. The van der Waals surface area contributed by atoms with Gasteiger partial charge in [0.1, 0.15) is 35.2 Å². The summed E-state index contributed by atoms with van der Waals surface area (Å²) in [6.07, 6.45) is 8.83. The van der Waals surface area contributed by atoms with E-state index in [0.717, 1.165) is 88.0 Å². The monoisotopic (exact) mass is 863 g/mol. The van der Waals surface area contributed by atoms with Gasteiger partial charge >= 0.3 is 0 Å². The van der Waals surface area contributed by atoms with Crippen LogP contribution in [0.2, 0.25) is 5.02 Å². The zero-order valence-electron chi connectivity index (χ0n) is 34.1. The van der Waals surface area contributed by atoms with E-state index >= 15 is 4.39 Å². The van der Waals surface area contributed by atoms with Crippen molar-refractivity contribution in [1.29, 1.82) is 5.26 Å². The van der Waals surface area contributed by atoms with Crippen molar-refractivity contribution in [2.24, 2.45) is 29.6 Å². The molecule has 0 spiro atoms. The molecule has 2 aromatic carbocycles. The molecule has 2 N–H and O–H groups in total. The SMILES string of the molecule is N#Cc1ccc(O[C@H]2CC[C@H](NC(=O)c3cnc(N4C[C@H]5C[C@@H](CN6CC7CN(c8cc9c(cc8F)C(=O)N(C8CCC(=O)NC8=O)C9=O)CC7C6)C[C@H]5C4)cn3)CC2)cc1Cl. The number of hydrogen-bond donors (Lipinski definition) is 2. The summed E-state index contributed by atoms with van der Waals surface area (Å²) in [5.74, 6) is 0.694. The summed E-state index contributed by atoms with van der Waals surface area (Å²) in [5.41, 5.74) is 1.07. The van der Waals surface area contributed by atoms with E-state index in [1.807, 2.05) is 4.90 Å². The van der Waals surface area contributed by atoms with E-state index in [2.05, 4.69) is 36.5 Å². The topological polar surface area (TPSA) is 181 Å². The van der Waals surface area contributed by atoms with Gasteiger partial charge in [0.2, 0.25) is 11.8 Å². The van der Waals surface area contributed by atoms with E-state index in [4.69, 9.17) is 21.6 Å². The smallest absolute Gasteiger partial charge is 0.271 e. The van der Waals surface area contributed by atoms with Crippen molar-refractivity contribution >= 4 is 52.6 Å². The first-order valence-corrected chi connectivity index (χ1v) is 22.1. The van der Waals surface area contributed by atoms with Crippen LogP contribution in [-0.4, -0.2) is 113 Å². The van der Waals surface area contributed by atoms with Crippen LogP contribution in [-0.2, 0) is 9.59 Å². The van der Waals surface area contributed by atoms with Crippen molar-refractivity contribution < 1.29 is 33.1 Å². The van der Waals surface area contributed by atoms with Crippen molar-refractivity contribution in [1.82, 2.24) is 30.4 Å². The molecule has 6 fully saturated rings. The number of likely N-dealkylation sites (tertiary alicyclic amines) is 1. The van der Waals surface area contributed by atoms with E-state index in [1.165, 1.54) is 6.07 Å². The number of halogens is 2. The zero-order chi connectivity index (χ0) is 42.8. The van der Waals surface area contributed by atoms with Gasteiger partial charge in [0.25, 0.3) is 17.7 Å². The Hall–Kier alpha value is -5.66. The molecule has 0 bridgehead atoms. The summed E-state index contributed by atoms with van der Waals surface area (Å²) in [7, 11) is 0. The fraction of sp³-hybridized carbons (Fsp3) is 0.511. The van der Waals surface area contributed by atoms with Gasteiger partial charge in [-0.2, -0.15) is 5.26 Å². The molecule has 5 aliphatic heterocycles. The van der Waals surface area contributed by atoms with Crippen LogP contribution < -0.4 is 25.2 Å². The number of carbonyl (C=O) groups excluding carboxylic acids is 5. The molecule has 5 amide bonds. The Morgan fingerprint density at radius 2 is 1.56 bits per heavy atom. The number of hydrogen-bond acceptors (Lipinski definition) is 12. The first kappa shape index (κ1) is 40.4. The average molecular weight is 864 g/mol. The highest BCUT2D eigenvalue weighted by atomic mass is 35.5. The molecule has 322 valence electrons. The quantitative estimate of drug-likeness (QED) is 0.294. The second kappa shape index (κ2) is 16.2. The predicted molar refractivity (Wildman–Crippen MR) is 223 cm³/mol. The number of aromatic nitrogens is 2. The van der Waals surface area contributed by atoms with Crippen LogP contribution in [0.25, 0.3) is 0 Å². The second-order valence-electron chi connectivity index (χ2n) is 18.3. The Morgan fingerprint density at radius 3 is 2.21 bits per heavy atom. The van der Waals surface area contributed by atoms with Gasteiger partial charge in [0.05, 0.1) is 45.9 Å². The Bertz CT molecular complexity index is 2360. The predicted octanol–water partition coefficient (Wildman–Crippen LogP) is 4.19. The maximum Gasteiger partial charge on any atom is 0.271 e. The summed E-state index contributed by atoms with van der Waals surface area (Å²) >= 11 is 6.16. The van der Waals surface area contributed by atoms with E-state index in [1.54, 1.807) is 30.6 Å². The van der Waals surface area contributed by atoms with Crippen molar-refractivity contribution in [2.45, 2.75) is 69.6 Å². The minimum Gasteiger partial charge on any atom is -0.490 e. The normalized spacial score (nSPS) is 29.4. The van der Waals surface area contributed by atoms with Gasteiger partial charge in [-0.15, -0.1) is 0 Å². The minimum atomic E-state index is -1.09. The van der Waals surface area contributed by atoms with Crippen molar-refractivity contribution in [3.8, 4) is 11.8 Å². The number of rotatable bonds is 9. The van der Waals surface area contributed by atoms with Crippen LogP contribution in [0.5, 0.6) is 5.75 Å². The molecule has 0 radical (unpaired) electrons. The Kier molecular flexibility index (Phi) is 10.6. The molecule has 2 saturated carbocycles. The number of nitrogens with one attached hydrogen (secondary N) is 2. The van der Waals surface area contributed by atoms with E-state index in [9.17, 15) is 24.0 Å². The number of ether oxygens (including phenoxy) is 1. The largest absolute Gasteiger partial charge is 0.490 e. The molecule has 4 saturated heterocycles. The fourth-order valence-electron chi connectivity index (χ4n) is 11.3. The molecule has 3 aromatic rings. The lowest BCUT2D eigenvalue weighted by Crippen LogP contribution is -2.54. The highest BCUT2D eigenvalue weighted by Crippen LogP contribution is 2.44. The third kappa shape index (κ3) is 7.63. The van der Waals surface area contributed by atoms with Gasteiger partial charge in [0.15, 0.2) is 0 Å². The molecular weight excluding hydrogens is 817 g/mol. The van der Waals surface area contributed by atoms with Crippen molar-refractivity contribution in [2.75, 3.05) is 55.6 Å². The zero-order valence-corrected chi connectivity index (χ0v) is 34.9. The Labute approximate surface area is 362 Å². The summed E-state index contributed by atoms with van der Waals surface area (Å²) in [4.78, 5) is 80.6. The van der Waals surface area contributed by atoms with Crippen LogP contribution in [0.1, 0.15) is 88.1 Å². The number of anilines is 2. The van der Waals surface area contributed by atoms with Crippen LogP contribution in [0.4, 0.5) is 15.9 Å². The molecule has 15 nitrogen and oxygen atoms in total. The molecule has 1 aromatic heterocycles. The van der Waals surface area contributed by atoms with Gasteiger partial charge in [0, 0.05) is 64.3 Å². The van der Waals surface area contributed by atoms with Crippen LogP contribution >= 0.6 is 11.6 Å². The van der Waals surface area contributed by atoms with Gasteiger partial charge in [-0.25, -0.2) is 14.4 Å². The number of fused-ring (bicyclic) bond motifs is 3. The molecule has 6 heterocycles. The second-order valence-corrected chi connectivity index (χ2v) is 18.7. The molecule has 2 aliphatic carbocycles. The van der Waals surface area contributed by atoms with Crippen molar-refractivity contribution in [3.05, 3.63) is 75.9 Å². The number of carbonyl (C=O) groups is 5. The number of amides is 5. The van der Waals surface area contributed by atoms with E-state index < -0.39 is 35.5 Å². The van der Waals surface area contributed by atoms with Crippen LogP contribution in [0.3, 0.4) is 0 Å². The van der Waals surface area contributed by atoms with E-state index in [0.29, 0.717) is 70.4 Å². The standard InChI is InChI=1S/C45H47ClFN9O6/c46-35-11-32(4-1-25(35)14-48)62-31-5-2-30(3-6-31)51-42(58)37-15-50-40(16-49-37)55-20-26-9-24(10-27(26)21-55)17-53-18-28-22-54(23-29(28)19-53)39-13-34-33(12-36(39)47)44(60)56(45(34)61)38-7-8-41(57)52-43(38)59/h1,4,11-13,15-16,24,26-31,38H,2-3,5-10,17-23H2,(H,51,58)(H,52,57,59)/t24-,26-,27+,28?,29?,30-,31-,38?. The Balaban J connectivity index is 0.662. The molecule has 10 rings (SSSR count). The molecular formula is C45H47ClFN9O6. The lowest BCUT2D eigenvalue weighted by molar-refractivity contribution is -0.136. The highest BCUT2D eigenvalue weighted by Gasteiger charge is 2.48. The lowest BCUT2D eigenvalue weighted by atomic mass is 9.93. The van der Waals surface area contributed by atoms with Gasteiger partial charge in [-0.1, -0.05) is 11.6 Å². The molecule has 62 heavy (non-hydrogen) atoms. The maximum atomic E-state index is 15.6. The highest BCUT2D eigenvalue weighted by molar-refractivity contribution is 6.31. The number of benzene rings is 2. The third-order valence-electron chi connectivity index (χ3n) is 14.3. The summed E-state index contributed by atoms with van der Waals surface area (Å²) in [5, 5.41) is 14.8. The minimum absolute atomic E-state index is 0.0151. The first-order chi connectivity index (χ1) is 30.0. The first-order valence-electron chi connectivity index (χ1n) is 21.7. The summed E-state index contributed by atoms with van der Waals surface area (Å²) in [6, 6.07) is 8.67. The van der Waals surface area contributed by atoms with Crippen LogP contribution in [0.15, 0.2) is 42.7 Å². The average Bonchev–Trinajstić information content (AvgIpc) is 4.06. The lowest BCUT2D eigenvalue weighted by Gasteiger charge is -2.29. The molecule has 7 aliphatic rings. The van der Waals surface area contributed by atoms with Crippen molar-refractivity contribution in [3.63, 3.8) is 0 Å². The maximum absolute atomic E-state index is 15.6.